The third kappa shape index (κ3) is 4.83. The largest absolute Gasteiger partial charge is 0.378 e. The summed E-state index contributed by atoms with van der Waals surface area (Å²) >= 11 is 0. The average molecular weight is 528 g/mol. The van der Waals surface area contributed by atoms with E-state index in [9.17, 15) is 9.59 Å². The third-order valence-corrected chi connectivity index (χ3v) is 7.24. The minimum absolute atomic E-state index is 0.0000309. The number of nitrogens with zero attached hydrogens (tertiary/aromatic N) is 4. The second-order valence-electron chi connectivity index (χ2n) is 9.78. The van der Waals surface area contributed by atoms with Gasteiger partial charge in [-0.3, -0.25) is 14.6 Å². The number of fused-ring (bicyclic) bond motifs is 1. The van der Waals surface area contributed by atoms with E-state index >= 15 is 0 Å². The lowest BCUT2D eigenvalue weighted by Gasteiger charge is -2.27. The maximum Gasteiger partial charge on any atom is 0.270 e. The van der Waals surface area contributed by atoms with Crippen molar-refractivity contribution in [2.24, 2.45) is 7.05 Å². The number of aromatic amines is 1. The smallest absolute Gasteiger partial charge is 0.270 e. The number of anilines is 2. The van der Waals surface area contributed by atoms with Gasteiger partial charge in [-0.15, -0.1) is 0 Å². The SMILES string of the molecule is CCCc1nc(Nc2cc(-c3c[nH]ccc3=O)nc(C)c2C=N)cc2c1c(C)c(C(=O)N1CCOCC1)n2C. The molecule has 0 bridgehead atoms. The van der Waals surface area contributed by atoms with Gasteiger partial charge in [0.05, 0.1) is 41.4 Å². The Balaban J connectivity index is 1.62. The zero-order valence-electron chi connectivity index (χ0n) is 22.7. The highest BCUT2D eigenvalue weighted by Gasteiger charge is 2.26. The fourth-order valence-electron chi connectivity index (χ4n) is 5.31. The van der Waals surface area contributed by atoms with Crippen molar-refractivity contribution in [3.63, 3.8) is 0 Å². The molecule has 0 atom stereocenters. The van der Waals surface area contributed by atoms with Crippen LogP contribution in [0.25, 0.3) is 22.2 Å². The van der Waals surface area contributed by atoms with E-state index in [1.54, 1.807) is 18.5 Å². The summed E-state index contributed by atoms with van der Waals surface area (Å²) < 4.78 is 7.40. The predicted molar refractivity (Wildman–Crippen MR) is 152 cm³/mol. The quantitative estimate of drug-likeness (QED) is 0.310. The van der Waals surface area contributed by atoms with Gasteiger partial charge in [0.15, 0.2) is 5.43 Å². The molecule has 10 nitrogen and oxygen atoms in total. The van der Waals surface area contributed by atoms with Crippen LogP contribution < -0.4 is 10.7 Å². The first kappa shape index (κ1) is 26.3. The van der Waals surface area contributed by atoms with E-state index in [1.165, 1.54) is 12.3 Å². The molecule has 39 heavy (non-hydrogen) atoms. The Bertz CT molecular complexity index is 1630. The lowest BCUT2D eigenvalue weighted by molar-refractivity contribution is 0.0296. The molecule has 5 heterocycles. The number of aryl methyl sites for hydroxylation is 4. The molecular weight excluding hydrogens is 494 g/mol. The summed E-state index contributed by atoms with van der Waals surface area (Å²) in [4.78, 5) is 40.4. The van der Waals surface area contributed by atoms with Gasteiger partial charge in [-0.05, 0) is 31.9 Å². The monoisotopic (exact) mass is 527 g/mol. The summed E-state index contributed by atoms with van der Waals surface area (Å²) in [6.45, 7) is 8.16. The van der Waals surface area contributed by atoms with Crippen LogP contribution in [0.4, 0.5) is 11.5 Å². The molecule has 1 aliphatic rings. The van der Waals surface area contributed by atoms with E-state index < -0.39 is 0 Å². The molecule has 1 fully saturated rings. The van der Waals surface area contributed by atoms with E-state index in [0.29, 0.717) is 66.0 Å². The Morgan fingerprint density at radius 1 is 1.23 bits per heavy atom. The van der Waals surface area contributed by atoms with Crippen molar-refractivity contribution in [3.8, 4) is 11.3 Å². The van der Waals surface area contributed by atoms with Crippen LogP contribution in [0.5, 0.6) is 0 Å². The predicted octanol–water partition coefficient (Wildman–Crippen LogP) is 4.11. The van der Waals surface area contributed by atoms with Crippen LogP contribution in [0.1, 0.15) is 46.3 Å². The molecule has 0 aliphatic carbocycles. The van der Waals surface area contributed by atoms with Crippen molar-refractivity contribution in [2.45, 2.75) is 33.6 Å². The molecule has 5 rings (SSSR count). The molecule has 0 spiro atoms. The van der Waals surface area contributed by atoms with Gasteiger partial charge in [0, 0.05) is 67.5 Å². The van der Waals surface area contributed by atoms with Crippen LogP contribution in [-0.2, 0) is 18.2 Å². The highest BCUT2D eigenvalue weighted by Crippen LogP contribution is 2.33. The summed E-state index contributed by atoms with van der Waals surface area (Å²) in [5.41, 5.74) is 6.07. The normalized spacial score (nSPS) is 13.6. The summed E-state index contributed by atoms with van der Waals surface area (Å²) in [6.07, 6.45) is 6.10. The Morgan fingerprint density at radius 3 is 2.69 bits per heavy atom. The van der Waals surface area contributed by atoms with Crippen molar-refractivity contribution in [2.75, 3.05) is 31.6 Å². The number of hydrogen-bond acceptors (Lipinski definition) is 7. The maximum absolute atomic E-state index is 13.5. The van der Waals surface area contributed by atoms with Gasteiger partial charge < -0.3 is 29.9 Å². The van der Waals surface area contributed by atoms with Crippen LogP contribution in [0, 0.1) is 19.3 Å². The molecule has 202 valence electrons. The first-order valence-electron chi connectivity index (χ1n) is 13.2. The Hall–Kier alpha value is -4.31. The first-order chi connectivity index (χ1) is 18.8. The number of morpholine rings is 1. The van der Waals surface area contributed by atoms with Gasteiger partial charge in [-0.1, -0.05) is 13.3 Å². The van der Waals surface area contributed by atoms with Gasteiger partial charge in [-0.2, -0.15) is 0 Å². The minimum Gasteiger partial charge on any atom is -0.378 e. The summed E-state index contributed by atoms with van der Waals surface area (Å²) in [5.74, 6) is 0.596. The van der Waals surface area contributed by atoms with Gasteiger partial charge in [-0.25, -0.2) is 4.98 Å². The van der Waals surface area contributed by atoms with Gasteiger partial charge in [0.2, 0.25) is 0 Å². The van der Waals surface area contributed by atoms with Crippen molar-refractivity contribution < 1.29 is 9.53 Å². The topological polar surface area (TPSA) is 129 Å². The zero-order chi connectivity index (χ0) is 27.7. The maximum atomic E-state index is 13.5. The van der Waals surface area contributed by atoms with Crippen molar-refractivity contribution in [3.05, 3.63) is 69.0 Å². The lowest BCUT2D eigenvalue weighted by atomic mass is 10.1. The standard InChI is InChI=1S/C29H33N7O3/c1-5-6-21-27-17(2)28(29(38)36-9-11-39-12-10-36)35(4)24(27)14-26(33-21)34-22-13-23(32-18(3)19(22)15-30)20-16-31-8-7-25(20)37/h7-8,13-16,30H,5-6,9-12H2,1-4H3,(H,31,37)(H,32,33,34). The molecule has 0 saturated carbocycles. The van der Waals surface area contributed by atoms with E-state index in [-0.39, 0.29) is 11.3 Å². The number of aromatic nitrogens is 4. The van der Waals surface area contributed by atoms with Gasteiger partial charge in [0.25, 0.3) is 5.91 Å². The first-order valence-corrected chi connectivity index (χ1v) is 13.2. The number of carbonyl (C=O) groups excluding carboxylic acids is 1. The van der Waals surface area contributed by atoms with Crippen LogP contribution >= 0.6 is 0 Å². The lowest BCUT2D eigenvalue weighted by Crippen LogP contribution is -2.41. The number of amides is 1. The fourth-order valence-corrected chi connectivity index (χ4v) is 5.31. The molecule has 1 amide bonds. The molecule has 4 aromatic heterocycles. The van der Waals surface area contributed by atoms with Crippen LogP contribution in [0.15, 0.2) is 35.4 Å². The highest BCUT2D eigenvalue weighted by molar-refractivity contribution is 6.03. The second-order valence-corrected chi connectivity index (χ2v) is 9.78. The van der Waals surface area contributed by atoms with E-state index in [1.807, 2.05) is 36.4 Å². The molecule has 10 heteroatoms. The molecular formula is C29H33N7O3. The summed E-state index contributed by atoms with van der Waals surface area (Å²) in [7, 11) is 1.92. The molecule has 0 unspecified atom stereocenters. The number of H-pyrrole nitrogens is 1. The fraction of sp³-hybridized carbons (Fsp3) is 0.345. The van der Waals surface area contributed by atoms with Crippen LogP contribution in [-0.4, -0.2) is 62.8 Å². The molecule has 0 radical (unpaired) electrons. The van der Waals surface area contributed by atoms with Crippen molar-refractivity contribution in [1.29, 1.82) is 5.41 Å². The molecule has 0 aromatic carbocycles. The Morgan fingerprint density at radius 2 is 2.00 bits per heavy atom. The zero-order valence-corrected chi connectivity index (χ0v) is 22.7. The van der Waals surface area contributed by atoms with E-state index in [4.69, 9.17) is 15.1 Å². The highest BCUT2D eigenvalue weighted by atomic mass is 16.5. The number of nitrogens with one attached hydrogen (secondary N) is 3. The average Bonchev–Trinajstić information content (AvgIpc) is 3.18. The van der Waals surface area contributed by atoms with Gasteiger partial charge >= 0.3 is 0 Å². The van der Waals surface area contributed by atoms with Crippen molar-refractivity contribution in [1.82, 2.24) is 24.4 Å². The van der Waals surface area contributed by atoms with E-state index in [0.717, 1.165) is 35.0 Å². The number of carbonyl (C=O) groups is 1. The Kier molecular flexibility index (Phi) is 7.30. The molecule has 1 saturated heterocycles. The third-order valence-electron chi connectivity index (χ3n) is 7.24. The second kappa shape index (κ2) is 10.8. The van der Waals surface area contributed by atoms with Crippen LogP contribution in [0.3, 0.4) is 0 Å². The minimum atomic E-state index is -0.143. The summed E-state index contributed by atoms with van der Waals surface area (Å²) in [5, 5.41) is 12.4. The number of rotatable bonds is 7. The Labute approximate surface area is 226 Å². The molecule has 4 aromatic rings. The molecule has 3 N–H and O–H groups in total. The number of ether oxygens (including phenoxy) is 1. The van der Waals surface area contributed by atoms with Gasteiger partial charge in [0.1, 0.15) is 11.5 Å². The number of hydrogen-bond donors (Lipinski definition) is 3. The molecule has 1 aliphatic heterocycles. The van der Waals surface area contributed by atoms with Crippen LogP contribution in [0.2, 0.25) is 0 Å². The number of pyridine rings is 3. The summed E-state index contributed by atoms with van der Waals surface area (Å²) in [6, 6.07) is 5.17. The van der Waals surface area contributed by atoms with Crippen molar-refractivity contribution >= 4 is 34.5 Å². The van der Waals surface area contributed by atoms with E-state index in [2.05, 4.69) is 22.2 Å².